The van der Waals surface area contributed by atoms with E-state index in [2.05, 4.69) is 5.32 Å². The number of benzene rings is 2. The van der Waals surface area contributed by atoms with Crippen molar-refractivity contribution in [2.45, 2.75) is 13.5 Å². The summed E-state index contributed by atoms with van der Waals surface area (Å²) < 4.78 is 21.6. The van der Waals surface area contributed by atoms with Gasteiger partial charge in [0.05, 0.1) is 18.3 Å². The second-order valence-electron chi connectivity index (χ2n) is 6.86. The fourth-order valence-corrected chi connectivity index (χ4v) is 4.06. The van der Waals surface area contributed by atoms with Crippen LogP contribution < -0.4 is 21.3 Å². The Kier molecular flexibility index (Phi) is 5.43. The third-order valence-corrected chi connectivity index (χ3v) is 5.72. The number of nitrogens with zero attached hydrogens (tertiary/aromatic N) is 2. The number of hydrogen-bond acceptors (Lipinski definition) is 5. The first-order chi connectivity index (χ1) is 14.9. The summed E-state index contributed by atoms with van der Waals surface area (Å²) in [7, 11) is 1.52. The van der Waals surface area contributed by atoms with Crippen molar-refractivity contribution in [3.8, 4) is 11.4 Å². The SMILES string of the molecule is COc1cccc(NC(=O)Cn2c(=O)n(-c3ccc(C)c(F)c3)c(=O)c3sccc32)c1. The molecular weight excluding hydrogens is 421 g/mol. The maximum Gasteiger partial charge on any atom is 0.336 e. The number of nitrogens with one attached hydrogen (secondary N) is 1. The Morgan fingerprint density at radius 3 is 2.71 bits per heavy atom. The molecule has 7 nitrogen and oxygen atoms in total. The molecular formula is C22H18FN3O4S. The molecule has 1 amide bonds. The summed E-state index contributed by atoms with van der Waals surface area (Å²) in [6.07, 6.45) is 0. The average molecular weight is 439 g/mol. The maximum atomic E-state index is 14.1. The highest BCUT2D eigenvalue weighted by Crippen LogP contribution is 2.19. The number of amides is 1. The lowest BCUT2D eigenvalue weighted by molar-refractivity contribution is -0.116. The lowest BCUT2D eigenvalue weighted by atomic mass is 10.2. The summed E-state index contributed by atoms with van der Waals surface area (Å²) in [5.74, 6) is -0.411. The van der Waals surface area contributed by atoms with Crippen molar-refractivity contribution in [3.63, 3.8) is 0 Å². The Morgan fingerprint density at radius 1 is 1.16 bits per heavy atom. The quantitative estimate of drug-likeness (QED) is 0.517. The number of rotatable bonds is 5. The molecule has 0 aliphatic heterocycles. The number of carbonyl (C=O) groups excluding carboxylic acids is 1. The standard InChI is InChI=1S/C22H18FN3O4S/c1-13-6-7-15(11-17(13)23)26-21(28)20-18(8-9-31-20)25(22(26)29)12-19(27)24-14-4-3-5-16(10-14)30-2/h3-11H,12H2,1-2H3,(H,24,27). The molecule has 4 rings (SSSR count). The number of carbonyl (C=O) groups is 1. The first-order valence-corrected chi connectivity index (χ1v) is 10.2. The number of ether oxygens (including phenoxy) is 1. The summed E-state index contributed by atoms with van der Waals surface area (Å²) >= 11 is 1.15. The molecule has 9 heteroatoms. The van der Waals surface area contributed by atoms with Gasteiger partial charge in [-0.05, 0) is 48.2 Å². The number of aromatic nitrogens is 2. The molecule has 0 saturated carbocycles. The van der Waals surface area contributed by atoms with Gasteiger partial charge in [0.15, 0.2) is 0 Å². The van der Waals surface area contributed by atoms with Crippen molar-refractivity contribution in [1.82, 2.24) is 9.13 Å². The van der Waals surface area contributed by atoms with Gasteiger partial charge >= 0.3 is 5.69 Å². The van der Waals surface area contributed by atoms with E-state index in [0.717, 1.165) is 22.0 Å². The lowest BCUT2D eigenvalue weighted by Crippen LogP contribution is -2.40. The van der Waals surface area contributed by atoms with Crippen LogP contribution in [0.15, 0.2) is 63.5 Å². The Bertz CT molecular complexity index is 1420. The zero-order chi connectivity index (χ0) is 22.1. The van der Waals surface area contributed by atoms with Crippen LogP contribution in [0.4, 0.5) is 10.1 Å². The van der Waals surface area contributed by atoms with Crippen LogP contribution in [0.1, 0.15) is 5.56 Å². The molecule has 0 saturated heterocycles. The molecule has 0 aliphatic carbocycles. The van der Waals surface area contributed by atoms with Gasteiger partial charge in [-0.15, -0.1) is 11.3 Å². The molecule has 158 valence electrons. The van der Waals surface area contributed by atoms with E-state index >= 15 is 0 Å². The Hall–Kier alpha value is -3.72. The monoisotopic (exact) mass is 439 g/mol. The number of aryl methyl sites for hydroxylation is 1. The van der Waals surface area contributed by atoms with Gasteiger partial charge in [-0.25, -0.2) is 13.8 Å². The van der Waals surface area contributed by atoms with Gasteiger partial charge in [0.1, 0.15) is 22.8 Å². The molecule has 31 heavy (non-hydrogen) atoms. The van der Waals surface area contributed by atoms with Crippen molar-refractivity contribution >= 4 is 33.1 Å². The summed E-state index contributed by atoms with van der Waals surface area (Å²) in [5, 5.41) is 4.39. The second kappa shape index (κ2) is 8.19. The summed E-state index contributed by atoms with van der Waals surface area (Å²) in [5.41, 5.74) is 0.0857. The van der Waals surface area contributed by atoms with Crippen molar-refractivity contribution in [2.24, 2.45) is 0 Å². The van der Waals surface area contributed by atoms with Crippen LogP contribution in [-0.4, -0.2) is 22.2 Å². The average Bonchev–Trinajstić information content (AvgIpc) is 3.24. The van der Waals surface area contributed by atoms with E-state index in [1.165, 1.54) is 23.8 Å². The minimum atomic E-state index is -0.722. The molecule has 0 radical (unpaired) electrons. The first-order valence-electron chi connectivity index (χ1n) is 9.32. The van der Waals surface area contributed by atoms with Crippen LogP contribution >= 0.6 is 11.3 Å². The van der Waals surface area contributed by atoms with Gasteiger partial charge in [0.2, 0.25) is 5.91 Å². The highest BCUT2D eigenvalue weighted by Gasteiger charge is 2.18. The van der Waals surface area contributed by atoms with Crippen molar-refractivity contribution in [1.29, 1.82) is 0 Å². The lowest BCUT2D eigenvalue weighted by Gasteiger charge is -2.13. The Labute approximate surface area is 180 Å². The van der Waals surface area contributed by atoms with Crippen LogP contribution in [0.2, 0.25) is 0 Å². The van der Waals surface area contributed by atoms with Crippen molar-refractivity contribution in [3.05, 3.63) is 86.1 Å². The molecule has 4 aromatic rings. The van der Waals surface area contributed by atoms with Gasteiger partial charge in [0.25, 0.3) is 5.56 Å². The number of fused-ring (bicyclic) bond motifs is 1. The summed E-state index contributed by atoms with van der Waals surface area (Å²) in [6, 6.07) is 12.6. The topological polar surface area (TPSA) is 82.3 Å². The second-order valence-corrected chi connectivity index (χ2v) is 7.77. The smallest absolute Gasteiger partial charge is 0.336 e. The summed E-state index contributed by atoms with van der Waals surface area (Å²) in [4.78, 5) is 38.8. The van der Waals surface area contributed by atoms with E-state index in [0.29, 0.717) is 27.2 Å². The molecule has 0 atom stereocenters. The molecule has 2 aromatic heterocycles. The van der Waals surface area contributed by atoms with Crippen LogP contribution in [-0.2, 0) is 11.3 Å². The molecule has 0 bridgehead atoms. The molecule has 1 N–H and O–H groups in total. The largest absolute Gasteiger partial charge is 0.497 e. The van der Waals surface area contributed by atoms with E-state index in [4.69, 9.17) is 4.74 Å². The van der Waals surface area contributed by atoms with Gasteiger partial charge < -0.3 is 10.1 Å². The van der Waals surface area contributed by atoms with Gasteiger partial charge in [-0.2, -0.15) is 0 Å². The first kappa shape index (κ1) is 20.5. The van der Waals surface area contributed by atoms with Crippen LogP contribution in [0.25, 0.3) is 15.9 Å². The highest BCUT2D eigenvalue weighted by atomic mass is 32.1. The van der Waals surface area contributed by atoms with Crippen molar-refractivity contribution in [2.75, 3.05) is 12.4 Å². The minimum absolute atomic E-state index is 0.107. The predicted octanol–water partition coefficient (Wildman–Crippen LogP) is 3.31. The molecule has 0 spiro atoms. The normalized spacial score (nSPS) is 10.9. The van der Waals surface area contributed by atoms with Gasteiger partial charge in [0, 0.05) is 11.8 Å². The molecule has 2 aromatic carbocycles. The van der Waals surface area contributed by atoms with Gasteiger partial charge in [-0.3, -0.25) is 14.2 Å². The molecule has 0 fully saturated rings. The zero-order valence-corrected chi connectivity index (χ0v) is 17.5. The van der Waals surface area contributed by atoms with Crippen molar-refractivity contribution < 1.29 is 13.9 Å². The Balaban J connectivity index is 1.78. The molecule has 0 aliphatic rings. The van der Waals surface area contributed by atoms with E-state index in [1.807, 2.05) is 0 Å². The number of halogens is 1. The number of methoxy groups -OCH3 is 1. The third kappa shape index (κ3) is 3.87. The number of hydrogen-bond donors (Lipinski definition) is 1. The maximum absolute atomic E-state index is 14.1. The minimum Gasteiger partial charge on any atom is -0.497 e. The predicted molar refractivity (Wildman–Crippen MR) is 118 cm³/mol. The zero-order valence-electron chi connectivity index (χ0n) is 16.7. The Morgan fingerprint density at radius 2 is 1.97 bits per heavy atom. The van der Waals surface area contributed by atoms with Gasteiger partial charge in [-0.1, -0.05) is 12.1 Å². The third-order valence-electron chi connectivity index (χ3n) is 4.82. The van der Waals surface area contributed by atoms with E-state index in [1.54, 1.807) is 42.6 Å². The van der Waals surface area contributed by atoms with Crippen LogP contribution in [0, 0.1) is 12.7 Å². The fraction of sp³-hybridized carbons (Fsp3) is 0.136. The molecule has 2 heterocycles. The molecule has 0 unspecified atom stereocenters. The fourth-order valence-electron chi connectivity index (χ4n) is 3.23. The highest BCUT2D eigenvalue weighted by molar-refractivity contribution is 7.17. The van der Waals surface area contributed by atoms with Crippen LogP contribution in [0.3, 0.4) is 0 Å². The number of anilines is 1. The van der Waals surface area contributed by atoms with E-state index in [-0.39, 0.29) is 12.2 Å². The summed E-state index contributed by atoms with van der Waals surface area (Å²) in [6.45, 7) is 1.27. The number of thiophene rings is 1. The van der Waals surface area contributed by atoms with Crippen LogP contribution in [0.5, 0.6) is 5.75 Å². The van der Waals surface area contributed by atoms with E-state index in [9.17, 15) is 18.8 Å². The van der Waals surface area contributed by atoms with E-state index < -0.39 is 23.0 Å².